The summed E-state index contributed by atoms with van der Waals surface area (Å²) in [6, 6.07) is 14.6. The first-order valence-electron chi connectivity index (χ1n) is 9.28. The third-order valence-corrected chi connectivity index (χ3v) is 4.83. The van der Waals surface area contributed by atoms with Crippen molar-refractivity contribution < 1.29 is 13.9 Å². The summed E-state index contributed by atoms with van der Waals surface area (Å²) < 4.78 is 18.4. The van der Waals surface area contributed by atoms with Crippen LogP contribution in [0, 0.1) is 11.7 Å². The van der Waals surface area contributed by atoms with E-state index in [4.69, 9.17) is 10.5 Å². The van der Waals surface area contributed by atoms with Crippen LogP contribution in [-0.2, 0) is 22.5 Å². The van der Waals surface area contributed by atoms with Gasteiger partial charge in [-0.25, -0.2) is 4.39 Å². The second kappa shape index (κ2) is 9.48. The quantitative estimate of drug-likeness (QED) is 0.746. The van der Waals surface area contributed by atoms with Gasteiger partial charge in [-0.1, -0.05) is 24.3 Å². The van der Waals surface area contributed by atoms with E-state index in [-0.39, 0.29) is 17.6 Å². The number of benzene rings is 2. The molecule has 1 amide bonds. The highest BCUT2D eigenvalue weighted by atomic mass is 19.1. The molecule has 1 aliphatic heterocycles. The van der Waals surface area contributed by atoms with Gasteiger partial charge in [0.05, 0.1) is 19.1 Å². The summed E-state index contributed by atoms with van der Waals surface area (Å²) in [7, 11) is 0. The highest BCUT2D eigenvalue weighted by molar-refractivity contribution is 5.77. The Labute approximate surface area is 159 Å². The van der Waals surface area contributed by atoms with Gasteiger partial charge < -0.3 is 20.7 Å². The molecule has 6 heteroatoms. The summed E-state index contributed by atoms with van der Waals surface area (Å²) >= 11 is 0. The van der Waals surface area contributed by atoms with Crippen LogP contribution in [-0.4, -0.2) is 38.8 Å². The standard InChI is InChI=1S/C21H26FN3O2/c22-19-5-1-16(2-6-19)13-18(21(23)26)15-24-14-17-3-7-20(8-4-17)25-9-11-27-12-10-25/h1-8,18,24H,9-15H2,(H2,23,26). The van der Waals surface area contributed by atoms with Gasteiger partial charge in [-0.2, -0.15) is 0 Å². The molecule has 1 atom stereocenters. The van der Waals surface area contributed by atoms with Gasteiger partial charge in [0.1, 0.15) is 5.82 Å². The van der Waals surface area contributed by atoms with Crippen LogP contribution in [0.1, 0.15) is 11.1 Å². The summed E-state index contributed by atoms with van der Waals surface area (Å²) in [4.78, 5) is 14.0. The molecule has 0 radical (unpaired) electrons. The minimum absolute atomic E-state index is 0.284. The zero-order valence-electron chi connectivity index (χ0n) is 15.4. The summed E-state index contributed by atoms with van der Waals surface area (Å²) in [6.07, 6.45) is 0.499. The Kier molecular flexibility index (Phi) is 6.79. The molecule has 1 saturated heterocycles. The van der Waals surface area contributed by atoms with Gasteiger partial charge in [0.25, 0.3) is 0 Å². The highest BCUT2D eigenvalue weighted by Gasteiger charge is 2.16. The first kappa shape index (κ1) is 19.3. The van der Waals surface area contributed by atoms with E-state index in [1.165, 1.54) is 17.8 Å². The Morgan fingerprint density at radius 1 is 1.07 bits per heavy atom. The van der Waals surface area contributed by atoms with Crippen LogP contribution in [0.15, 0.2) is 48.5 Å². The zero-order valence-corrected chi connectivity index (χ0v) is 15.4. The number of amides is 1. The number of nitrogens with two attached hydrogens (primary N) is 1. The summed E-state index contributed by atoms with van der Waals surface area (Å²) in [5.41, 5.74) is 8.78. The lowest BCUT2D eigenvalue weighted by molar-refractivity contribution is -0.121. The van der Waals surface area contributed by atoms with Crippen LogP contribution in [0.2, 0.25) is 0 Å². The number of nitrogens with zero attached hydrogens (tertiary/aromatic N) is 1. The Bertz CT molecular complexity index is 728. The molecule has 1 unspecified atom stereocenters. The molecule has 1 aliphatic rings. The Morgan fingerprint density at radius 3 is 2.33 bits per heavy atom. The third-order valence-electron chi connectivity index (χ3n) is 4.83. The summed E-state index contributed by atoms with van der Waals surface area (Å²) in [5.74, 6) is -0.967. The third kappa shape index (κ3) is 5.77. The molecule has 0 saturated carbocycles. The number of primary amides is 1. The number of rotatable bonds is 8. The van der Waals surface area contributed by atoms with Crippen molar-refractivity contribution in [1.82, 2.24) is 5.32 Å². The van der Waals surface area contributed by atoms with Crippen LogP contribution < -0.4 is 16.0 Å². The van der Waals surface area contributed by atoms with Crippen molar-refractivity contribution in [3.63, 3.8) is 0 Å². The Hall–Kier alpha value is -2.44. The van der Waals surface area contributed by atoms with Crippen molar-refractivity contribution in [3.05, 3.63) is 65.5 Å². The lowest BCUT2D eigenvalue weighted by Crippen LogP contribution is -2.36. The predicted octanol–water partition coefficient (Wildman–Crippen LogP) is 2.10. The van der Waals surface area contributed by atoms with Gasteiger partial charge in [0, 0.05) is 31.9 Å². The lowest BCUT2D eigenvalue weighted by atomic mass is 9.98. The van der Waals surface area contributed by atoms with E-state index in [2.05, 4.69) is 34.5 Å². The van der Waals surface area contributed by atoms with E-state index in [1.807, 2.05) is 0 Å². The molecule has 1 fully saturated rings. The number of hydrogen-bond donors (Lipinski definition) is 2. The molecule has 27 heavy (non-hydrogen) atoms. The lowest BCUT2D eigenvalue weighted by Gasteiger charge is -2.29. The van der Waals surface area contributed by atoms with E-state index in [0.717, 1.165) is 37.4 Å². The highest BCUT2D eigenvalue weighted by Crippen LogP contribution is 2.17. The molecule has 144 valence electrons. The fraction of sp³-hybridized carbons (Fsp3) is 0.381. The molecule has 0 aliphatic carbocycles. The molecule has 2 aromatic rings. The van der Waals surface area contributed by atoms with E-state index in [9.17, 15) is 9.18 Å². The second-order valence-electron chi connectivity index (χ2n) is 6.83. The number of nitrogens with one attached hydrogen (secondary N) is 1. The summed E-state index contributed by atoms with van der Waals surface area (Å²) in [5, 5.41) is 3.31. The van der Waals surface area contributed by atoms with Crippen molar-refractivity contribution >= 4 is 11.6 Å². The fourth-order valence-electron chi connectivity index (χ4n) is 3.22. The Morgan fingerprint density at radius 2 is 1.70 bits per heavy atom. The summed E-state index contributed by atoms with van der Waals surface area (Å²) in [6.45, 7) is 4.52. The van der Waals surface area contributed by atoms with Crippen LogP contribution in [0.5, 0.6) is 0 Å². The van der Waals surface area contributed by atoms with Crippen molar-refractivity contribution in [2.24, 2.45) is 11.7 Å². The number of anilines is 1. The fourth-order valence-corrected chi connectivity index (χ4v) is 3.22. The second-order valence-corrected chi connectivity index (χ2v) is 6.83. The van der Waals surface area contributed by atoms with E-state index < -0.39 is 0 Å². The van der Waals surface area contributed by atoms with Crippen molar-refractivity contribution in [2.75, 3.05) is 37.7 Å². The zero-order chi connectivity index (χ0) is 19.1. The number of carbonyl (C=O) groups is 1. The average molecular weight is 371 g/mol. The normalized spacial score (nSPS) is 15.5. The predicted molar refractivity (Wildman–Crippen MR) is 104 cm³/mol. The maximum Gasteiger partial charge on any atom is 0.222 e. The SMILES string of the molecule is NC(=O)C(CNCc1ccc(N2CCOCC2)cc1)Cc1ccc(F)cc1. The molecule has 3 N–H and O–H groups in total. The first-order chi connectivity index (χ1) is 13.1. The minimum Gasteiger partial charge on any atom is -0.378 e. The molecular formula is C21H26FN3O2. The van der Waals surface area contributed by atoms with Crippen molar-refractivity contribution in [3.8, 4) is 0 Å². The smallest absolute Gasteiger partial charge is 0.222 e. The van der Waals surface area contributed by atoms with Gasteiger partial charge in [0.15, 0.2) is 0 Å². The maximum atomic E-state index is 13.0. The maximum absolute atomic E-state index is 13.0. The number of halogens is 1. The van der Waals surface area contributed by atoms with Gasteiger partial charge in [0.2, 0.25) is 5.91 Å². The van der Waals surface area contributed by atoms with Crippen LogP contribution in [0.3, 0.4) is 0 Å². The molecule has 1 heterocycles. The van der Waals surface area contributed by atoms with E-state index in [1.54, 1.807) is 12.1 Å². The minimum atomic E-state index is -0.352. The Balaban J connectivity index is 1.49. The van der Waals surface area contributed by atoms with Gasteiger partial charge in [-0.3, -0.25) is 4.79 Å². The molecule has 3 rings (SSSR count). The van der Waals surface area contributed by atoms with Crippen LogP contribution in [0.25, 0.3) is 0 Å². The number of hydrogen-bond acceptors (Lipinski definition) is 4. The van der Waals surface area contributed by atoms with Crippen molar-refractivity contribution in [2.45, 2.75) is 13.0 Å². The van der Waals surface area contributed by atoms with Gasteiger partial charge in [-0.15, -0.1) is 0 Å². The van der Waals surface area contributed by atoms with Gasteiger partial charge >= 0.3 is 0 Å². The topological polar surface area (TPSA) is 67.6 Å². The van der Waals surface area contributed by atoms with Crippen LogP contribution >= 0.6 is 0 Å². The number of ether oxygens (including phenoxy) is 1. The molecule has 0 bridgehead atoms. The van der Waals surface area contributed by atoms with E-state index in [0.29, 0.717) is 19.5 Å². The van der Waals surface area contributed by atoms with E-state index >= 15 is 0 Å². The number of morpholine rings is 1. The molecule has 0 spiro atoms. The molecular weight excluding hydrogens is 345 g/mol. The molecule has 5 nitrogen and oxygen atoms in total. The number of carbonyl (C=O) groups excluding carboxylic acids is 1. The van der Waals surface area contributed by atoms with Crippen LogP contribution in [0.4, 0.5) is 10.1 Å². The molecule has 0 aromatic heterocycles. The van der Waals surface area contributed by atoms with Gasteiger partial charge in [-0.05, 0) is 41.8 Å². The average Bonchev–Trinajstić information content (AvgIpc) is 2.70. The molecule has 2 aromatic carbocycles. The largest absolute Gasteiger partial charge is 0.378 e. The first-order valence-corrected chi connectivity index (χ1v) is 9.28. The monoisotopic (exact) mass is 371 g/mol. The van der Waals surface area contributed by atoms with Crippen molar-refractivity contribution in [1.29, 1.82) is 0 Å².